The first-order valence-corrected chi connectivity index (χ1v) is 7.08. The highest BCUT2D eigenvalue weighted by Gasteiger charge is 2.20. The first-order valence-electron chi connectivity index (χ1n) is 7.08. The Bertz CT molecular complexity index is 367. The fourth-order valence-corrected chi connectivity index (χ4v) is 3.22. The van der Waals surface area contributed by atoms with Gasteiger partial charge in [0.15, 0.2) is 0 Å². The van der Waals surface area contributed by atoms with Crippen LogP contribution in [0.3, 0.4) is 0 Å². The van der Waals surface area contributed by atoms with E-state index < -0.39 is 0 Å². The van der Waals surface area contributed by atoms with E-state index in [9.17, 15) is 0 Å². The van der Waals surface area contributed by atoms with Gasteiger partial charge in [-0.3, -0.25) is 0 Å². The molecule has 0 aromatic carbocycles. The minimum absolute atomic E-state index is 0.807. The van der Waals surface area contributed by atoms with Crippen molar-refractivity contribution in [2.75, 3.05) is 13.1 Å². The van der Waals surface area contributed by atoms with Gasteiger partial charge >= 0.3 is 0 Å². The third-order valence-corrected chi connectivity index (χ3v) is 4.24. The lowest BCUT2D eigenvalue weighted by atomic mass is 9.83. The molecule has 91 valence electrons. The first kappa shape index (κ1) is 11.3. The second-order valence-corrected chi connectivity index (χ2v) is 5.39. The topological polar surface area (TPSA) is 12.0 Å². The summed E-state index contributed by atoms with van der Waals surface area (Å²) in [5.74, 6) is 0.807. The molecule has 0 bridgehead atoms. The third-order valence-electron chi connectivity index (χ3n) is 4.24. The second-order valence-electron chi connectivity index (χ2n) is 5.39. The highest BCUT2D eigenvalue weighted by Crippen LogP contribution is 2.34. The molecule has 0 spiro atoms. The summed E-state index contributed by atoms with van der Waals surface area (Å²) in [6.45, 7) is 2.38. The van der Waals surface area contributed by atoms with Gasteiger partial charge in [0.25, 0.3) is 0 Å². The molecule has 3 rings (SSSR count). The average Bonchev–Trinajstić information content (AvgIpc) is 2.94. The average molecular weight is 228 g/mol. The monoisotopic (exact) mass is 228 g/mol. The van der Waals surface area contributed by atoms with Gasteiger partial charge < -0.3 is 5.32 Å². The maximum atomic E-state index is 3.45. The Morgan fingerprint density at radius 2 is 2.00 bits per heavy atom. The fourth-order valence-electron chi connectivity index (χ4n) is 3.22. The van der Waals surface area contributed by atoms with Gasteiger partial charge in [-0.05, 0) is 80.7 Å². The van der Waals surface area contributed by atoms with E-state index >= 15 is 0 Å². The normalized spacial score (nSPS) is 26.5. The zero-order valence-corrected chi connectivity index (χ0v) is 10.5. The summed E-state index contributed by atoms with van der Waals surface area (Å²) >= 11 is 0. The summed E-state index contributed by atoms with van der Waals surface area (Å²) in [6.07, 6.45) is 17.5. The Balaban J connectivity index is 1.74. The van der Waals surface area contributed by atoms with Gasteiger partial charge in [-0.15, -0.1) is 0 Å². The zero-order chi connectivity index (χ0) is 11.5. The zero-order valence-electron chi connectivity index (χ0n) is 10.5. The maximum Gasteiger partial charge on any atom is -0.00431 e. The molecule has 1 radical (unpaired) electrons. The number of hydrogen-bond acceptors (Lipinski definition) is 1. The van der Waals surface area contributed by atoms with Crippen LogP contribution >= 0.6 is 0 Å². The number of hydrogen-bond donors (Lipinski definition) is 1. The van der Waals surface area contributed by atoms with Crippen LogP contribution in [0, 0.1) is 12.3 Å². The van der Waals surface area contributed by atoms with Crippen LogP contribution in [-0.2, 0) is 0 Å². The Morgan fingerprint density at radius 1 is 1.12 bits per heavy atom. The van der Waals surface area contributed by atoms with Crippen LogP contribution in [0.1, 0.15) is 38.5 Å². The molecule has 1 heteroatoms. The van der Waals surface area contributed by atoms with Gasteiger partial charge in [0.1, 0.15) is 0 Å². The highest BCUT2D eigenvalue weighted by molar-refractivity contribution is 5.47. The highest BCUT2D eigenvalue weighted by atomic mass is 14.9. The van der Waals surface area contributed by atoms with Crippen molar-refractivity contribution >= 4 is 0 Å². The first-order chi connectivity index (χ1) is 8.43. The van der Waals surface area contributed by atoms with Crippen LogP contribution in [0.2, 0.25) is 0 Å². The van der Waals surface area contributed by atoms with Crippen LogP contribution in [0.4, 0.5) is 0 Å². The van der Waals surface area contributed by atoms with Crippen molar-refractivity contribution in [1.82, 2.24) is 5.32 Å². The minimum Gasteiger partial charge on any atom is -0.317 e. The van der Waals surface area contributed by atoms with E-state index in [-0.39, 0.29) is 0 Å². The molecule has 0 saturated carbocycles. The Labute approximate surface area is 105 Å². The van der Waals surface area contributed by atoms with E-state index in [1.54, 1.807) is 11.1 Å². The molecule has 1 fully saturated rings. The van der Waals surface area contributed by atoms with Gasteiger partial charge in [-0.1, -0.05) is 18.2 Å². The molecular formula is C16H22N. The Hall–Kier alpha value is -0.820. The third kappa shape index (κ3) is 2.55. The van der Waals surface area contributed by atoms with Crippen molar-refractivity contribution in [3.05, 3.63) is 41.4 Å². The van der Waals surface area contributed by atoms with Crippen LogP contribution in [0.5, 0.6) is 0 Å². The van der Waals surface area contributed by atoms with Gasteiger partial charge in [0.2, 0.25) is 0 Å². The largest absolute Gasteiger partial charge is 0.317 e. The molecule has 1 N–H and O–H groups in total. The number of rotatable bonds is 2. The van der Waals surface area contributed by atoms with E-state index in [2.05, 4.69) is 30.0 Å². The minimum atomic E-state index is 0.807. The molecule has 1 aliphatic heterocycles. The van der Waals surface area contributed by atoms with E-state index in [0.717, 1.165) is 12.3 Å². The molecule has 2 aliphatic carbocycles. The van der Waals surface area contributed by atoms with E-state index in [4.69, 9.17) is 0 Å². The Morgan fingerprint density at radius 3 is 2.76 bits per heavy atom. The SMILES string of the molecule is [CH]1CC=C(C2CCNCC2)C=C1C1=CCCC1. The molecule has 0 aromatic rings. The summed E-state index contributed by atoms with van der Waals surface area (Å²) < 4.78 is 0. The molecule has 1 nitrogen and oxygen atoms in total. The van der Waals surface area contributed by atoms with Crippen molar-refractivity contribution in [2.45, 2.75) is 38.5 Å². The molecule has 1 saturated heterocycles. The molecule has 3 aliphatic rings. The van der Waals surface area contributed by atoms with Gasteiger partial charge in [-0.2, -0.15) is 0 Å². The molecule has 1 heterocycles. The lowest BCUT2D eigenvalue weighted by molar-refractivity contribution is 0.424. The molecular weight excluding hydrogens is 206 g/mol. The number of allylic oxidation sites excluding steroid dienone is 6. The predicted octanol–water partition coefficient (Wildman–Crippen LogP) is 3.56. The summed E-state index contributed by atoms with van der Waals surface area (Å²) in [7, 11) is 0. The number of piperidine rings is 1. The van der Waals surface area contributed by atoms with E-state index in [0.29, 0.717) is 0 Å². The molecule has 0 unspecified atom stereocenters. The van der Waals surface area contributed by atoms with Crippen molar-refractivity contribution in [3.8, 4) is 0 Å². The maximum absolute atomic E-state index is 3.45. The van der Waals surface area contributed by atoms with Crippen molar-refractivity contribution in [3.63, 3.8) is 0 Å². The van der Waals surface area contributed by atoms with Crippen molar-refractivity contribution < 1.29 is 0 Å². The van der Waals surface area contributed by atoms with Crippen molar-refractivity contribution in [1.29, 1.82) is 0 Å². The summed E-state index contributed by atoms with van der Waals surface area (Å²) in [5.41, 5.74) is 4.74. The van der Waals surface area contributed by atoms with Crippen LogP contribution in [-0.4, -0.2) is 13.1 Å². The number of nitrogens with one attached hydrogen (secondary N) is 1. The van der Waals surface area contributed by atoms with Crippen LogP contribution in [0.25, 0.3) is 0 Å². The standard InChI is InChI=1S/C16H22N/c1-2-5-13(4-1)15-6-3-7-16(12-15)14-8-10-17-11-9-14/h4,6-7,12,14,17H,1-3,5,8-11H2. The summed E-state index contributed by atoms with van der Waals surface area (Å²) in [5, 5.41) is 3.45. The summed E-state index contributed by atoms with van der Waals surface area (Å²) in [6, 6.07) is 0. The smallest absolute Gasteiger partial charge is 0.00431 e. The van der Waals surface area contributed by atoms with E-state index in [1.165, 1.54) is 50.8 Å². The van der Waals surface area contributed by atoms with Gasteiger partial charge in [0.05, 0.1) is 0 Å². The predicted molar refractivity (Wildman–Crippen MR) is 72.6 cm³/mol. The second kappa shape index (κ2) is 5.22. The van der Waals surface area contributed by atoms with Crippen LogP contribution < -0.4 is 5.32 Å². The van der Waals surface area contributed by atoms with Crippen molar-refractivity contribution in [2.24, 2.45) is 5.92 Å². The molecule has 0 atom stereocenters. The fraction of sp³-hybridized carbons (Fsp3) is 0.562. The Kier molecular flexibility index (Phi) is 3.46. The molecule has 0 aromatic heterocycles. The van der Waals surface area contributed by atoms with Gasteiger partial charge in [0, 0.05) is 0 Å². The lowest BCUT2D eigenvalue weighted by Crippen LogP contribution is -2.28. The van der Waals surface area contributed by atoms with Gasteiger partial charge in [-0.25, -0.2) is 0 Å². The van der Waals surface area contributed by atoms with E-state index in [1.807, 2.05) is 0 Å². The summed E-state index contributed by atoms with van der Waals surface area (Å²) in [4.78, 5) is 0. The van der Waals surface area contributed by atoms with Crippen LogP contribution in [0.15, 0.2) is 34.9 Å². The lowest BCUT2D eigenvalue weighted by Gasteiger charge is -2.26. The molecule has 17 heavy (non-hydrogen) atoms. The quantitative estimate of drug-likeness (QED) is 0.762. The molecule has 0 amide bonds.